The van der Waals surface area contributed by atoms with Crippen LogP contribution < -0.4 is 0 Å². The van der Waals surface area contributed by atoms with Crippen LogP contribution >= 0.6 is 43.5 Å². The fraction of sp³-hybridized carbons (Fsp3) is 0.222. The van der Waals surface area contributed by atoms with Crippen molar-refractivity contribution in [3.8, 4) is 0 Å². The molecule has 0 aliphatic heterocycles. The first kappa shape index (κ1) is 11.2. The average Bonchev–Trinajstić information content (AvgIpc) is 2.08. The van der Waals surface area contributed by atoms with E-state index < -0.39 is 0 Å². The molecular weight excluding hydrogens is 319 g/mol. The van der Waals surface area contributed by atoms with Crippen molar-refractivity contribution in [2.24, 2.45) is 0 Å². The van der Waals surface area contributed by atoms with Crippen LogP contribution in [0.5, 0.6) is 0 Å². The lowest BCUT2D eigenvalue weighted by Crippen LogP contribution is -2.10. The second-order valence-electron chi connectivity index (χ2n) is 2.58. The molecule has 13 heavy (non-hydrogen) atoms. The van der Waals surface area contributed by atoms with Gasteiger partial charge in [0.05, 0.1) is 9.85 Å². The number of rotatable bonds is 2. The SMILES string of the molecule is CC(Br)C(=O)c1cccc(Cl)c1Br. The topological polar surface area (TPSA) is 17.1 Å². The maximum absolute atomic E-state index is 11.6. The molecule has 0 heterocycles. The largest absolute Gasteiger partial charge is 0.293 e. The van der Waals surface area contributed by atoms with Gasteiger partial charge in [-0.25, -0.2) is 0 Å². The predicted molar refractivity (Wildman–Crippen MR) is 61.9 cm³/mol. The molecule has 1 nitrogen and oxygen atoms in total. The quantitative estimate of drug-likeness (QED) is 0.591. The summed E-state index contributed by atoms with van der Waals surface area (Å²) < 4.78 is 0.660. The summed E-state index contributed by atoms with van der Waals surface area (Å²) in [6.45, 7) is 1.79. The van der Waals surface area contributed by atoms with Crippen LogP contribution in [0.3, 0.4) is 0 Å². The van der Waals surface area contributed by atoms with Gasteiger partial charge in [0, 0.05) is 10.0 Å². The third kappa shape index (κ3) is 2.55. The molecule has 0 N–H and O–H groups in total. The van der Waals surface area contributed by atoms with E-state index in [1.54, 1.807) is 25.1 Å². The molecule has 0 aliphatic rings. The summed E-state index contributed by atoms with van der Waals surface area (Å²) >= 11 is 12.3. The summed E-state index contributed by atoms with van der Waals surface area (Å²) in [6, 6.07) is 5.24. The Bertz CT molecular complexity index is 336. The van der Waals surface area contributed by atoms with Crippen LogP contribution in [-0.2, 0) is 0 Å². The van der Waals surface area contributed by atoms with E-state index >= 15 is 0 Å². The molecule has 70 valence electrons. The first-order chi connectivity index (χ1) is 6.04. The van der Waals surface area contributed by atoms with Crippen LogP contribution in [0, 0.1) is 0 Å². The fourth-order valence-electron chi connectivity index (χ4n) is 0.908. The predicted octanol–water partition coefficient (Wildman–Crippen LogP) is 4.07. The van der Waals surface area contributed by atoms with Crippen molar-refractivity contribution in [1.82, 2.24) is 0 Å². The third-order valence-electron chi connectivity index (χ3n) is 1.58. The Morgan fingerprint density at radius 1 is 1.54 bits per heavy atom. The molecule has 0 spiro atoms. The van der Waals surface area contributed by atoms with E-state index in [-0.39, 0.29) is 10.6 Å². The Kier molecular flexibility index (Phi) is 3.95. The van der Waals surface area contributed by atoms with Gasteiger partial charge in [0.2, 0.25) is 0 Å². The van der Waals surface area contributed by atoms with Crippen molar-refractivity contribution in [3.05, 3.63) is 33.3 Å². The normalized spacial score (nSPS) is 12.6. The van der Waals surface area contributed by atoms with Crippen molar-refractivity contribution < 1.29 is 4.79 Å². The van der Waals surface area contributed by atoms with Gasteiger partial charge in [-0.3, -0.25) is 4.79 Å². The zero-order chi connectivity index (χ0) is 10.0. The van der Waals surface area contributed by atoms with Crippen molar-refractivity contribution in [3.63, 3.8) is 0 Å². The van der Waals surface area contributed by atoms with E-state index in [9.17, 15) is 4.79 Å². The van der Waals surface area contributed by atoms with E-state index in [1.807, 2.05) is 0 Å². The minimum atomic E-state index is -0.192. The number of carbonyl (C=O) groups excluding carboxylic acids is 1. The van der Waals surface area contributed by atoms with Crippen molar-refractivity contribution >= 4 is 49.2 Å². The monoisotopic (exact) mass is 324 g/mol. The molecule has 4 heteroatoms. The highest BCUT2D eigenvalue weighted by molar-refractivity contribution is 9.10. The Hall–Kier alpha value is 0.140. The molecule has 1 aromatic carbocycles. The Morgan fingerprint density at radius 3 is 2.69 bits per heavy atom. The molecule has 1 aromatic rings. The summed E-state index contributed by atoms with van der Waals surface area (Å²) in [5, 5.41) is 0.555. The Labute approximate surface area is 98.7 Å². The maximum atomic E-state index is 11.6. The van der Waals surface area contributed by atoms with Gasteiger partial charge in [0.15, 0.2) is 5.78 Å². The van der Waals surface area contributed by atoms with Gasteiger partial charge in [-0.2, -0.15) is 0 Å². The van der Waals surface area contributed by atoms with Crippen LogP contribution in [0.15, 0.2) is 22.7 Å². The highest BCUT2D eigenvalue weighted by atomic mass is 79.9. The molecule has 0 aliphatic carbocycles. The zero-order valence-electron chi connectivity index (χ0n) is 6.85. The highest BCUT2D eigenvalue weighted by Crippen LogP contribution is 2.27. The van der Waals surface area contributed by atoms with Crippen molar-refractivity contribution in [2.75, 3.05) is 0 Å². The van der Waals surface area contributed by atoms with Gasteiger partial charge < -0.3 is 0 Å². The van der Waals surface area contributed by atoms with Gasteiger partial charge in [-0.05, 0) is 28.9 Å². The lowest BCUT2D eigenvalue weighted by molar-refractivity contribution is 0.0995. The lowest BCUT2D eigenvalue weighted by atomic mass is 10.1. The lowest BCUT2D eigenvalue weighted by Gasteiger charge is -2.05. The molecule has 1 rings (SSSR count). The highest BCUT2D eigenvalue weighted by Gasteiger charge is 2.15. The number of alkyl halides is 1. The van der Waals surface area contributed by atoms with Crippen LogP contribution in [0.4, 0.5) is 0 Å². The van der Waals surface area contributed by atoms with E-state index in [0.29, 0.717) is 15.1 Å². The first-order valence-electron chi connectivity index (χ1n) is 3.66. The number of benzene rings is 1. The standard InChI is InChI=1S/C9H7Br2ClO/c1-5(10)9(13)6-3-2-4-7(12)8(6)11/h2-5H,1H3. The van der Waals surface area contributed by atoms with Crippen molar-refractivity contribution in [2.45, 2.75) is 11.8 Å². The molecule has 1 atom stereocenters. The summed E-state index contributed by atoms with van der Waals surface area (Å²) in [5.41, 5.74) is 0.608. The Morgan fingerprint density at radius 2 is 2.15 bits per heavy atom. The molecule has 0 saturated carbocycles. The van der Waals surface area contributed by atoms with Gasteiger partial charge in [0.25, 0.3) is 0 Å². The number of hydrogen-bond acceptors (Lipinski definition) is 1. The third-order valence-corrected chi connectivity index (χ3v) is 3.39. The smallest absolute Gasteiger partial charge is 0.177 e. The number of ketones is 1. The molecule has 0 saturated heterocycles. The van der Waals surface area contributed by atoms with Crippen molar-refractivity contribution in [1.29, 1.82) is 0 Å². The average molecular weight is 326 g/mol. The fourth-order valence-corrected chi connectivity index (χ4v) is 1.79. The minimum absolute atomic E-state index is 0.0226. The van der Waals surface area contributed by atoms with Gasteiger partial charge in [0.1, 0.15) is 0 Å². The molecule has 0 radical (unpaired) electrons. The maximum Gasteiger partial charge on any atom is 0.177 e. The molecule has 0 fully saturated rings. The number of Topliss-reactive ketones (excluding diaryl/α,β-unsaturated/α-hetero) is 1. The van der Waals surface area contributed by atoms with E-state index in [2.05, 4.69) is 31.9 Å². The molecule has 0 amide bonds. The van der Waals surface area contributed by atoms with Crippen LogP contribution in [-0.4, -0.2) is 10.6 Å². The number of carbonyl (C=O) groups is 1. The molecule has 1 unspecified atom stereocenters. The summed E-state index contributed by atoms with van der Waals surface area (Å²) in [6.07, 6.45) is 0. The van der Waals surface area contributed by atoms with Crippen LogP contribution in [0.25, 0.3) is 0 Å². The van der Waals surface area contributed by atoms with Gasteiger partial charge in [-0.15, -0.1) is 0 Å². The first-order valence-corrected chi connectivity index (χ1v) is 5.75. The minimum Gasteiger partial charge on any atom is -0.293 e. The second kappa shape index (κ2) is 4.58. The van der Waals surface area contributed by atoms with Crippen LogP contribution in [0.1, 0.15) is 17.3 Å². The summed E-state index contributed by atoms with van der Waals surface area (Å²) in [7, 11) is 0. The molecular formula is C9H7Br2ClO. The summed E-state index contributed by atoms with van der Waals surface area (Å²) in [5.74, 6) is 0.0226. The van der Waals surface area contributed by atoms with E-state index in [0.717, 1.165) is 0 Å². The molecule has 0 bridgehead atoms. The summed E-state index contributed by atoms with van der Waals surface area (Å²) in [4.78, 5) is 11.4. The number of halogens is 3. The second-order valence-corrected chi connectivity index (χ2v) is 5.16. The van der Waals surface area contributed by atoms with Crippen LogP contribution in [0.2, 0.25) is 5.02 Å². The Balaban J connectivity index is 3.15. The zero-order valence-corrected chi connectivity index (χ0v) is 10.8. The molecule has 0 aromatic heterocycles. The van der Waals surface area contributed by atoms with Gasteiger partial charge >= 0.3 is 0 Å². The van der Waals surface area contributed by atoms with Gasteiger partial charge in [-0.1, -0.05) is 39.7 Å². The van der Waals surface area contributed by atoms with E-state index in [4.69, 9.17) is 11.6 Å². The van der Waals surface area contributed by atoms with E-state index in [1.165, 1.54) is 0 Å². The number of hydrogen-bond donors (Lipinski definition) is 0.